The zero-order valence-electron chi connectivity index (χ0n) is 9.23. The first-order chi connectivity index (χ1) is 7.22. The van der Waals surface area contributed by atoms with Crippen LogP contribution in [-0.4, -0.2) is 38.0 Å². The summed E-state index contributed by atoms with van der Waals surface area (Å²) in [6.45, 7) is 3.76. The molecular weight excluding hydrogens is 212 g/mol. The van der Waals surface area contributed by atoms with Gasteiger partial charge in [0.2, 0.25) is 0 Å². The maximum atomic E-state index is 5.90. The molecule has 0 saturated heterocycles. The third-order valence-electron chi connectivity index (χ3n) is 1.90. The largest absolute Gasteiger partial charge is 0.382 e. The Balaban J connectivity index is 2.15. The molecular formula is C10H18N2O2S. The normalized spacial score (nSPS) is 13.0. The molecule has 1 rings (SSSR count). The zero-order chi connectivity index (χ0) is 11.1. The predicted molar refractivity (Wildman–Crippen MR) is 61.2 cm³/mol. The Hall–Kier alpha value is -0.490. The quantitative estimate of drug-likeness (QED) is 0.710. The zero-order valence-corrected chi connectivity index (χ0v) is 10.0. The van der Waals surface area contributed by atoms with E-state index in [1.807, 2.05) is 12.3 Å². The maximum absolute atomic E-state index is 5.90. The molecule has 5 heteroatoms. The van der Waals surface area contributed by atoms with Crippen LogP contribution in [0.1, 0.15) is 10.7 Å². The summed E-state index contributed by atoms with van der Waals surface area (Å²) in [6, 6.07) is 0.0170. The fourth-order valence-electron chi connectivity index (χ4n) is 1.21. The molecule has 1 unspecified atom stereocenters. The summed E-state index contributed by atoms with van der Waals surface area (Å²) in [5.41, 5.74) is 6.95. The number of rotatable bonds is 7. The smallest absolute Gasteiger partial charge is 0.0897 e. The van der Waals surface area contributed by atoms with Gasteiger partial charge in [0.1, 0.15) is 0 Å². The molecule has 15 heavy (non-hydrogen) atoms. The number of nitrogens with two attached hydrogens (primary N) is 1. The molecule has 0 bridgehead atoms. The van der Waals surface area contributed by atoms with Crippen LogP contribution in [0.2, 0.25) is 0 Å². The number of aryl methyl sites for hydroxylation is 1. The Morgan fingerprint density at radius 2 is 2.33 bits per heavy atom. The molecule has 0 amide bonds. The van der Waals surface area contributed by atoms with Crippen molar-refractivity contribution >= 4 is 11.3 Å². The van der Waals surface area contributed by atoms with Gasteiger partial charge in [-0.2, -0.15) is 0 Å². The van der Waals surface area contributed by atoms with E-state index in [0.29, 0.717) is 19.8 Å². The van der Waals surface area contributed by atoms with Crippen molar-refractivity contribution in [3.05, 3.63) is 16.1 Å². The number of hydrogen-bond donors (Lipinski definition) is 1. The van der Waals surface area contributed by atoms with Crippen LogP contribution in [0, 0.1) is 6.92 Å². The van der Waals surface area contributed by atoms with Gasteiger partial charge in [-0.25, -0.2) is 4.98 Å². The molecule has 0 saturated carbocycles. The molecule has 0 aliphatic carbocycles. The first-order valence-electron chi connectivity index (χ1n) is 4.95. The Kier molecular flexibility index (Phi) is 5.78. The number of aromatic nitrogens is 1. The fourth-order valence-corrected chi connectivity index (χ4v) is 1.83. The molecule has 86 valence electrons. The van der Waals surface area contributed by atoms with Crippen LogP contribution in [0.3, 0.4) is 0 Å². The average molecular weight is 230 g/mol. The van der Waals surface area contributed by atoms with Gasteiger partial charge in [-0.1, -0.05) is 0 Å². The SMILES string of the molecule is COCCOCC(N)Cc1csc(C)n1. The van der Waals surface area contributed by atoms with E-state index in [0.717, 1.165) is 17.1 Å². The van der Waals surface area contributed by atoms with E-state index >= 15 is 0 Å². The summed E-state index contributed by atoms with van der Waals surface area (Å²) in [7, 11) is 1.65. The number of nitrogens with zero attached hydrogens (tertiary/aromatic N) is 1. The topological polar surface area (TPSA) is 57.4 Å². The van der Waals surface area contributed by atoms with E-state index in [2.05, 4.69) is 4.98 Å². The monoisotopic (exact) mass is 230 g/mol. The minimum atomic E-state index is 0.0170. The molecule has 0 fully saturated rings. The highest BCUT2D eigenvalue weighted by atomic mass is 32.1. The second-order valence-corrected chi connectivity index (χ2v) is 4.45. The van der Waals surface area contributed by atoms with Gasteiger partial charge in [0.05, 0.1) is 30.5 Å². The van der Waals surface area contributed by atoms with E-state index in [1.54, 1.807) is 18.4 Å². The highest BCUT2D eigenvalue weighted by molar-refractivity contribution is 7.09. The van der Waals surface area contributed by atoms with Gasteiger partial charge >= 0.3 is 0 Å². The molecule has 2 N–H and O–H groups in total. The summed E-state index contributed by atoms with van der Waals surface area (Å²) in [6.07, 6.45) is 0.775. The van der Waals surface area contributed by atoms with Gasteiger partial charge in [0.25, 0.3) is 0 Å². The van der Waals surface area contributed by atoms with Crippen LogP contribution in [0.4, 0.5) is 0 Å². The third-order valence-corrected chi connectivity index (χ3v) is 2.72. The van der Waals surface area contributed by atoms with Gasteiger partial charge < -0.3 is 15.2 Å². The number of ether oxygens (including phenoxy) is 2. The Bertz CT molecular complexity index is 278. The van der Waals surface area contributed by atoms with E-state index < -0.39 is 0 Å². The molecule has 1 aromatic heterocycles. The molecule has 0 spiro atoms. The lowest BCUT2D eigenvalue weighted by Gasteiger charge is -2.10. The van der Waals surface area contributed by atoms with Crippen molar-refractivity contribution in [3.63, 3.8) is 0 Å². The van der Waals surface area contributed by atoms with Crippen molar-refractivity contribution in [3.8, 4) is 0 Å². The van der Waals surface area contributed by atoms with Crippen molar-refractivity contribution < 1.29 is 9.47 Å². The molecule has 1 aromatic rings. The van der Waals surface area contributed by atoms with Crippen molar-refractivity contribution in [2.45, 2.75) is 19.4 Å². The van der Waals surface area contributed by atoms with Crippen LogP contribution in [0.25, 0.3) is 0 Å². The summed E-state index contributed by atoms with van der Waals surface area (Å²) < 4.78 is 10.2. The van der Waals surface area contributed by atoms with Gasteiger partial charge in [-0.05, 0) is 6.92 Å². The first kappa shape index (κ1) is 12.6. The van der Waals surface area contributed by atoms with Gasteiger partial charge in [-0.3, -0.25) is 0 Å². The van der Waals surface area contributed by atoms with Gasteiger partial charge in [-0.15, -0.1) is 11.3 Å². The third kappa shape index (κ3) is 5.22. The molecule has 0 aromatic carbocycles. The molecule has 0 aliphatic heterocycles. The second-order valence-electron chi connectivity index (χ2n) is 3.39. The van der Waals surface area contributed by atoms with Crippen molar-refractivity contribution in [2.75, 3.05) is 26.9 Å². The fraction of sp³-hybridized carbons (Fsp3) is 0.700. The molecule has 0 aliphatic rings. The predicted octanol–water partition coefficient (Wildman–Crippen LogP) is 0.984. The minimum Gasteiger partial charge on any atom is -0.382 e. The standard InChI is InChI=1S/C10H18N2O2S/c1-8-12-10(7-15-8)5-9(11)6-14-4-3-13-2/h7,9H,3-6,11H2,1-2H3. The Labute approximate surface area is 94.4 Å². The highest BCUT2D eigenvalue weighted by Gasteiger charge is 2.06. The van der Waals surface area contributed by atoms with E-state index in [1.165, 1.54) is 0 Å². The lowest BCUT2D eigenvalue weighted by molar-refractivity contribution is 0.0636. The van der Waals surface area contributed by atoms with Crippen LogP contribution in [0.5, 0.6) is 0 Å². The van der Waals surface area contributed by atoms with E-state index in [4.69, 9.17) is 15.2 Å². The first-order valence-corrected chi connectivity index (χ1v) is 5.83. The lowest BCUT2D eigenvalue weighted by atomic mass is 10.2. The second kappa shape index (κ2) is 6.90. The van der Waals surface area contributed by atoms with E-state index in [-0.39, 0.29) is 6.04 Å². The Morgan fingerprint density at radius 1 is 1.53 bits per heavy atom. The van der Waals surface area contributed by atoms with Crippen LogP contribution < -0.4 is 5.73 Å². The molecule has 4 nitrogen and oxygen atoms in total. The van der Waals surface area contributed by atoms with Gasteiger partial charge in [0, 0.05) is 25.0 Å². The number of hydrogen-bond acceptors (Lipinski definition) is 5. The van der Waals surface area contributed by atoms with Crippen molar-refractivity contribution in [2.24, 2.45) is 5.73 Å². The average Bonchev–Trinajstić information content (AvgIpc) is 2.59. The number of thiazole rings is 1. The highest BCUT2D eigenvalue weighted by Crippen LogP contribution is 2.09. The molecule has 1 atom stereocenters. The minimum absolute atomic E-state index is 0.0170. The van der Waals surface area contributed by atoms with Crippen LogP contribution in [-0.2, 0) is 15.9 Å². The summed E-state index contributed by atoms with van der Waals surface area (Å²) in [4.78, 5) is 4.35. The van der Waals surface area contributed by atoms with Gasteiger partial charge in [0.15, 0.2) is 0 Å². The molecule has 0 radical (unpaired) electrons. The molecule has 1 heterocycles. The maximum Gasteiger partial charge on any atom is 0.0897 e. The summed E-state index contributed by atoms with van der Waals surface area (Å²) in [5.74, 6) is 0. The van der Waals surface area contributed by atoms with Crippen molar-refractivity contribution in [1.29, 1.82) is 0 Å². The lowest BCUT2D eigenvalue weighted by Crippen LogP contribution is -2.29. The van der Waals surface area contributed by atoms with E-state index in [9.17, 15) is 0 Å². The van der Waals surface area contributed by atoms with Crippen molar-refractivity contribution in [1.82, 2.24) is 4.98 Å². The van der Waals surface area contributed by atoms with Crippen LogP contribution in [0.15, 0.2) is 5.38 Å². The number of methoxy groups -OCH3 is 1. The summed E-state index contributed by atoms with van der Waals surface area (Å²) >= 11 is 1.65. The Morgan fingerprint density at radius 3 is 2.93 bits per heavy atom. The van der Waals surface area contributed by atoms with Crippen LogP contribution >= 0.6 is 11.3 Å². The summed E-state index contributed by atoms with van der Waals surface area (Å²) in [5, 5.41) is 3.13.